The molecule has 0 bridgehead atoms. The van der Waals surface area contributed by atoms with Crippen molar-refractivity contribution in [2.24, 2.45) is 0 Å². The standard InChI is InChI=1S/C51H49Cl2N3O6/c1-3-8-40-25-37(21-22-54-40)34-14-11-32(12-15-34)24-44(51(58)59)55-50(57)46-26-38-27-47-48(28-39(38)29-56(46)45(4-2)35-9-6-5-7-10-35)62-49(31-61-47)36-16-18-41(19-17-36)60-30-33-13-20-42(52)43(53)23-33/h5-7,9-23,25,27-28,44-46,49H,3-4,8,24,26,29-31H2,1-2H3,(H,55,57)(H,58,59)/t44?,45-,46-,49+/m0/s1. The summed E-state index contributed by atoms with van der Waals surface area (Å²) >= 11 is 12.2. The van der Waals surface area contributed by atoms with Crippen molar-refractivity contribution < 1.29 is 28.9 Å². The van der Waals surface area contributed by atoms with Gasteiger partial charge in [0.1, 0.15) is 25.0 Å². The zero-order valence-corrected chi connectivity index (χ0v) is 36.2. The average molecular weight is 871 g/mol. The topological polar surface area (TPSA) is 110 Å². The van der Waals surface area contributed by atoms with Gasteiger partial charge < -0.3 is 24.6 Å². The number of hydrogen-bond donors (Lipinski definition) is 2. The second kappa shape index (κ2) is 19.5. The Hall–Kier alpha value is -5.87. The molecule has 1 aromatic heterocycles. The number of nitrogens with zero attached hydrogens (tertiary/aromatic N) is 2. The number of benzene rings is 5. The van der Waals surface area contributed by atoms with Gasteiger partial charge >= 0.3 is 5.97 Å². The number of pyridine rings is 1. The highest BCUT2D eigenvalue weighted by atomic mass is 35.5. The van der Waals surface area contributed by atoms with Crippen LogP contribution < -0.4 is 19.5 Å². The van der Waals surface area contributed by atoms with Crippen LogP contribution in [0.15, 0.2) is 128 Å². The highest BCUT2D eigenvalue weighted by Gasteiger charge is 2.39. The molecule has 0 radical (unpaired) electrons. The first-order valence-corrected chi connectivity index (χ1v) is 21.9. The molecular formula is C51H49Cl2N3O6. The van der Waals surface area contributed by atoms with Crippen LogP contribution in [0.3, 0.4) is 0 Å². The first kappa shape index (κ1) is 42.8. The molecule has 2 aliphatic heterocycles. The molecule has 0 saturated carbocycles. The minimum Gasteiger partial charge on any atom is -0.489 e. The number of aliphatic carboxylic acids is 1. The molecule has 2 aliphatic rings. The van der Waals surface area contributed by atoms with Crippen LogP contribution in [0, 0.1) is 0 Å². The third kappa shape index (κ3) is 9.92. The van der Waals surface area contributed by atoms with Crippen molar-refractivity contribution in [3.05, 3.63) is 177 Å². The van der Waals surface area contributed by atoms with Gasteiger partial charge in [-0.05, 0) is 112 Å². The number of nitrogens with one attached hydrogen (secondary N) is 1. The maximum Gasteiger partial charge on any atom is 0.326 e. The maximum atomic E-state index is 14.5. The molecule has 318 valence electrons. The normalized spacial score (nSPS) is 16.8. The predicted molar refractivity (Wildman–Crippen MR) is 242 cm³/mol. The van der Waals surface area contributed by atoms with E-state index in [-0.39, 0.29) is 24.5 Å². The third-order valence-corrected chi connectivity index (χ3v) is 12.4. The molecule has 4 atom stereocenters. The number of aromatic nitrogens is 1. The van der Waals surface area contributed by atoms with Crippen LogP contribution in [0.4, 0.5) is 0 Å². The van der Waals surface area contributed by atoms with E-state index in [4.69, 9.17) is 37.4 Å². The van der Waals surface area contributed by atoms with E-state index >= 15 is 0 Å². The number of amides is 1. The first-order valence-electron chi connectivity index (χ1n) is 21.2. The Bertz CT molecular complexity index is 2520. The minimum absolute atomic E-state index is 0.0969. The molecule has 2 N–H and O–H groups in total. The number of hydrogen-bond acceptors (Lipinski definition) is 7. The molecular weight excluding hydrogens is 821 g/mol. The van der Waals surface area contributed by atoms with Crippen LogP contribution in [0.5, 0.6) is 17.2 Å². The fourth-order valence-corrected chi connectivity index (χ4v) is 8.73. The number of carboxylic acids is 1. The predicted octanol–water partition coefficient (Wildman–Crippen LogP) is 10.8. The monoisotopic (exact) mass is 869 g/mol. The van der Waals surface area contributed by atoms with Gasteiger partial charge in [0.05, 0.1) is 16.1 Å². The largest absolute Gasteiger partial charge is 0.489 e. The van der Waals surface area contributed by atoms with Crippen molar-refractivity contribution in [1.82, 2.24) is 15.2 Å². The van der Waals surface area contributed by atoms with Crippen molar-refractivity contribution >= 4 is 35.1 Å². The lowest BCUT2D eigenvalue weighted by molar-refractivity contribution is -0.143. The SMILES string of the molecule is CCCc1cc(-c2ccc(CC(NC(=O)[C@@H]3Cc4cc5c(cc4CN3[C@@H](CC)c3ccccc3)O[C@@H](c3ccc(OCc4ccc(Cl)c(Cl)c4)cc3)CO5)C(=O)O)cc2)ccn1. The Morgan fingerprint density at radius 2 is 1.61 bits per heavy atom. The summed E-state index contributed by atoms with van der Waals surface area (Å²) < 4.78 is 18.9. The van der Waals surface area contributed by atoms with E-state index in [1.54, 1.807) is 12.1 Å². The Kier molecular flexibility index (Phi) is 13.4. The molecule has 0 fully saturated rings. The first-order chi connectivity index (χ1) is 30.1. The fourth-order valence-electron chi connectivity index (χ4n) is 8.41. The Morgan fingerprint density at radius 1 is 0.855 bits per heavy atom. The van der Waals surface area contributed by atoms with Crippen LogP contribution in [0.25, 0.3) is 11.1 Å². The smallest absolute Gasteiger partial charge is 0.326 e. The van der Waals surface area contributed by atoms with Crippen molar-refractivity contribution in [1.29, 1.82) is 0 Å². The molecule has 0 spiro atoms. The molecule has 5 aromatic carbocycles. The summed E-state index contributed by atoms with van der Waals surface area (Å²) in [6, 6.07) is 37.5. The summed E-state index contributed by atoms with van der Waals surface area (Å²) in [5.74, 6) is 0.550. The number of carbonyl (C=O) groups is 2. The number of carbonyl (C=O) groups excluding carboxylic acids is 1. The van der Waals surface area contributed by atoms with Gasteiger partial charge in [0.2, 0.25) is 5.91 Å². The zero-order valence-electron chi connectivity index (χ0n) is 34.7. The molecule has 11 heteroatoms. The molecule has 0 saturated heterocycles. The minimum atomic E-state index is -1.12. The highest BCUT2D eigenvalue weighted by molar-refractivity contribution is 6.42. The van der Waals surface area contributed by atoms with Crippen LogP contribution in [-0.2, 0) is 42.0 Å². The van der Waals surface area contributed by atoms with Crippen LogP contribution in [0.1, 0.15) is 77.9 Å². The highest BCUT2D eigenvalue weighted by Crippen LogP contribution is 2.43. The maximum absolute atomic E-state index is 14.5. The molecule has 8 rings (SSSR count). The Balaban J connectivity index is 0.984. The van der Waals surface area contributed by atoms with Crippen molar-refractivity contribution in [2.75, 3.05) is 6.61 Å². The number of rotatable bonds is 15. The van der Waals surface area contributed by atoms with Crippen molar-refractivity contribution in [2.45, 2.75) is 83.3 Å². The summed E-state index contributed by atoms with van der Waals surface area (Å²) in [6.45, 7) is 5.36. The molecule has 0 aliphatic carbocycles. The summed E-state index contributed by atoms with van der Waals surface area (Å²) in [6.07, 6.45) is 4.67. The van der Waals surface area contributed by atoms with Gasteiger partial charge in [-0.2, -0.15) is 0 Å². The number of aryl methyl sites for hydroxylation is 1. The summed E-state index contributed by atoms with van der Waals surface area (Å²) in [5.41, 5.74) is 8.89. The van der Waals surface area contributed by atoms with Gasteiger partial charge in [0.15, 0.2) is 17.6 Å². The molecule has 1 unspecified atom stereocenters. The lowest BCUT2D eigenvalue weighted by Crippen LogP contribution is -2.55. The second-order valence-electron chi connectivity index (χ2n) is 15.9. The van der Waals surface area contributed by atoms with E-state index in [2.05, 4.69) is 47.2 Å². The quantitative estimate of drug-likeness (QED) is 0.105. The van der Waals surface area contributed by atoms with E-state index in [9.17, 15) is 14.7 Å². The Morgan fingerprint density at radius 3 is 2.34 bits per heavy atom. The van der Waals surface area contributed by atoms with Gasteiger partial charge in [0.25, 0.3) is 0 Å². The van der Waals surface area contributed by atoms with E-state index in [1.165, 1.54) is 0 Å². The molecule has 9 nitrogen and oxygen atoms in total. The van der Waals surface area contributed by atoms with Gasteiger partial charge in [0, 0.05) is 30.9 Å². The van der Waals surface area contributed by atoms with Crippen molar-refractivity contribution in [3.63, 3.8) is 0 Å². The van der Waals surface area contributed by atoms with Gasteiger partial charge in [-0.1, -0.05) is 116 Å². The summed E-state index contributed by atoms with van der Waals surface area (Å²) in [4.78, 5) is 33.9. The van der Waals surface area contributed by atoms with E-state index in [1.807, 2.05) is 97.2 Å². The van der Waals surface area contributed by atoms with Crippen LogP contribution in [-0.4, -0.2) is 45.6 Å². The molecule has 6 aromatic rings. The number of fused-ring (bicyclic) bond motifs is 2. The Labute approximate surface area is 372 Å². The molecule has 62 heavy (non-hydrogen) atoms. The third-order valence-electron chi connectivity index (χ3n) is 11.7. The lowest BCUT2D eigenvalue weighted by Gasteiger charge is -2.42. The van der Waals surface area contributed by atoms with Gasteiger partial charge in [-0.15, -0.1) is 0 Å². The van der Waals surface area contributed by atoms with Crippen LogP contribution >= 0.6 is 23.2 Å². The van der Waals surface area contributed by atoms with Gasteiger partial charge in [-0.25, -0.2) is 4.79 Å². The fraction of sp³-hybridized carbons (Fsp3) is 0.275. The average Bonchev–Trinajstić information content (AvgIpc) is 3.29. The van der Waals surface area contributed by atoms with Crippen molar-refractivity contribution in [3.8, 4) is 28.4 Å². The van der Waals surface area contributed by atoms with E-state index in [0.29, 0.717) is 53.5 Å². The van der Waals surface area contributed by atoms with Crippen LogP contribution in [0.2, 0.25) is 10.0 Å². The summed E-state index contributed by atoms with van der Waals surface area (Å²) in [7, 11) is 0. The number of carboxylic acid groups (broad SMARTS) is 1. The molecule has 3 heterocycles. The molecule has 1 amide bonds. The van der Waals surface area contributed by atoms with Gasteiger partial charge in [-0.3, -0.25) is 14.7 Å². The lowest BCUT2D eigenvalue weighted by atomic mass is 9.89. The van der Waals surface area contributed by atoms with E-state index < -0.39 is 18.1 Å². The number of ether oxygens (including phenoxy) is 3. The number of halogens is 2. The van der Waals surface area contributed by atoms with E-state index in [0.717, 1.165) is 69.5 Å². The zero-order chi connectivity index (χ0) is 43.2. The second-order valence-corrected chi connectivity index (χ2v) is 16.7. The summed E-state index contributed by atoms with van der Waals surface area (Å²) in [5, 5.41) is 14.3.